The summed E-state index contributed by atoms with van der Waals surface area (Å²) in [5.41, 5.74) is 10.6. The molecule has 1 heterocycles. The molecule has 1 fully saturated rings. The standard InChI is InChI=1S/C22H21N3OS/c26-20(18-13-11-17(12-14-18)16-7-3-1-4-8-16)15-27-22-23-21(24-25-22)19-9-5-2-6-10-19/h1-14,21-25H,15H2. The van der Waals surface area contributed by atoms with Gasteiger partial charge in [-0.05, 0) is 16.7 Å². The smallest absolute Gasteiger partial charge is 0.172 e. The van der Waals surface area contributed by atoms with Crippen LogP contribution in [0, 0.1) is 0 Å². The molecule has 2 unspecified atom stereocenters. The SMILES string of the molecule is O=C(CSC1NNC(c2ccccc2)N1)c1ccc(-c2ccccc2)cc1. The molecule has 1 aliphatic rings. The fraction of sp³-hybridized carbons (Fsp3) is 0.136. The van der Waals surface area contributed by atoms with Crippen molar-refractivity contribution in [1.29, 1.82) is 0 Å². The molecular weight excluding hydrogens is 354 g/mol. The molecule has 0 radical (unpaired) electrons. The molecule has 5 heteroatoms. The van der Waals surface area contributed by atoms with Crippen LogP contribution in [-0.2, 0) is 0 Å². The van der Waals surface area contributed by atoms with E-state index in [1.165, 1.54) is 0 Å². The summed E-state index contributed by atoms with van der Waals surface area (Å²) >= 11 is 1.55. The minimum absolute atomic E-state index is 0.0113. The molecule has 4 rings (SSSR count). The third-order valence-corrected chi connectivity index (χ3v) is 5.52. The van der Waals surface area contributed by atoms with Crippen LogP contribution in [0.1, 0.15) is 22.1 Å². The first-order chi connectivity index (χ1) is 13.3. The molecule has 3 aromatic rings. The van der Waals surface area contributed by atoms with Crippen LogP contribution in [0.25, 0.3) is 11.1 Å². The van der Waals surface area contributed by atoms with Crippen molar-refractivity contribution >= 4 is 17.5 Å². The molecule has 3 aromatic carbocycles. The van der Waals surface area contributed by atoms with Crippen molar-refractivity contribution in [3.63, 3.8) is 0 Å². The van der Waals surface area contributed by atoms with Gasteiger partial charge in [-0.15, -0.1) is 11.8 Å². The number of benzene rings is 3. The lowest BCUT2D eigenvalue weighted by Gasteiger charge is -2.12. The zero-order valence-corrected chi connectivity index (χ0v) is 15.6. The molecule has 0 aromatic heterocycles. The number of ketones is 1. The van der Waals surface area contributed by atoms with E-state index < -0.39 is 0 Å². The van der Waals surface area contributed by atoms with Gasteiger partial charge in [-0.25, -0.2) is 10.9 Å². The summed E-state index contributed by atoms with van der Waals surface area (Å²) in [6.07, 6.45) is 0.0453. The second-order valence-corrected chi connectivity index (χ2v) is 7.45. The Balaban J connectivity index is 1.31. The van der Waals surface area contributed by atoms with E-state index in [4.69, 9.17) is 0 Å². The number of thioether (sulfide) groups is 1. The average molecular weight is 375 g/mol. The molecule has 1 saturated heterocycles. The van der Waals surface area contributed by atoms with E-state index in [1.807, 2.05) is 60.7 Å². The average Bonchev–Trinajstić information content (AvgIpc) is 3.22. The first-order valence-corrected chi connectivity index (χ1v) is 9.97. The Hall–Kier alpha value is -2.44. The van der Waals surface area contributed by atoms with Crippen LogP contribution in [0.3, 0.4) is 0 Å². The van der Waals surface area contributed by atoms with Crippen molar-refractivity contribution < 1.29 is 4.79 Å². The maximum absolute atomic E-state index is 12.5. The summed E-state index contributed by atoms with van der Waals surface area (Å²) in [6.45, 7) is 0. The summed E-state index contributed by atoms with van der Waals surface area (Å²) in [7, 11) is 0. The molecule has 0 bridgehead atoms. The van der Waals surface area contributed by atoms with Crippen molar-refractivity contribution in [2.45, 2.75) is 11.7 Å². The van der Waals surface area contributed by atoms with Gasteiger partial charge in [0.15, 0.2) is 5.78 Å². The highest BCUT2D eigenvalue weighted by Gasteiger charge is 2.24. The normalized spacial score (nSPS) is 19.1. The van der Waals surface area contributed by atoms with Gasteiger partial charge in [0.05, 0.1) is 11.9 Å². The Morgan fingerprint density at radius 2 is 1.41 bits per heavy atom. The molecule has 2 atom stereocenters. The van der Waals surface area contributed by atoms with Crippen LogP contribution in [0.5, 0.6) is 0 Å². The van der Waals surface area contributed by atoms with Gasteiger partial charge in [-0.3, -0.25) is 10.1 Å². The van der Waals surface area contributed by atoms with E-state index in [2.05, 4.69) is 40.4 Å². The number of hydrazine groups is 1. The topological polar surface area (TPSA) is 53.2 Å². The monoisotopic (exact) mass is 375 g/mol. The van der Waals surface area contributed by atoms with E-state index in [9.17, 15) is 4.79 Å². The number of rotatable bonds is 6. The summed E-state index contributed by atoms with van der Waals surface area (Å²) in [4.78, 5) is 12.5. The van der Waals surface area contributed by atoms with Crippen molar-refractivity contribution in [2.75, 3.05) is 5.75 Å². The molecular formula is C22H21N3OS. The maximum atomic E-state index is 12.5. The second kappa shape index (κ2) is 8.50. The summed E-state index contributed by atoms with van der Waals surface area (Å²) in [6, 6.07) is 28.2. The highest BCUT2D eigenvalue weighted by Crippen LogP contribution is 2.21. The minimum atomic E-state index is -0.0113. The first-order valence-electron chi connectivity index (χ1n) is 8.92. The van der Waals surface area contributed by atoms with E-state index in [1.54, 1.807) is 11.8 Å². The number of Topliss-reactive ketones (excluding diaryl/α,β-unsaturated/α-hetero) is 1. The Morgan fingerprint density at radius 3 is 2.11 bits per heavy atom. The van der Waals surface area contributed by atoms with Crippen molar-refractivity contribution in [2.24, 2.45) is 0 Å². The van der Waals surface area contributed by atoms with Crippen molar-refractivity contribution in [1.82, 2.24) is 16.2 Å². The summed E-state index contributed by atoms with van der Waals surface area (Å²) < 4.78 is 0. The molecule has 4 nitrogen and oxygen atoms in total. The fourth-order valence-electron chi connectivity index (χ4n) is 3.03. The van der Waals surface area contributed by atoms with Gasteiger partial charge in [0.2, 0.25) is 0 Å². The van der Waals surface area contributed by atoms with E-state index >= 15 is 0 Å². The van der Waals surface area contributed by atoms with Gasteiger partial charge >= 0.3 is 0 Å². The van der Waals surface area contributed by atoms with E-state index in [0.717, 1.165) is 22.3 Å². The molecule has 136 valence electrons. The molecule has 0 saturated carbocycles. The molecule has 27 heavy (non-hydrogen) atoms. The lowest BCUT2D eigenvalue weighted by molar-refractivity contribution is 0.102. The number of hydrogen-bond donors (Lipinski definition) is 3. The van der Waals surface area contributed by atoms with Crippen molar-refractivity contribution in [3.05, 3.63) is 96.1 Å². The molecule has 3 N–H and O–H groups in total. The van der Waals surface area contributed by atoms with Crippen LogP contribution < -0.4 is 16.2 Å². The van der Waals surface area contributed by atoms with Gasteiger partial charge in [-0.2, -0.15) is 0 Å². The number of carbonyl (C=O) groups excluding carboxylic acids is 1. The zero-order chi connectivity index (χ0) is 18.5. The number of carbonyl (C=O) groups is 1. The summed E-state index contributed by atoms with van der Waals surface area (Å²) in [5.74, 6) is 0.546. The largest absolute Gasteiger partial charge is 0.293 e. The van der Waals surface area contributed by atoms with Crippen LogP contribution in [0.4, 0.5) is 0 Å². The highest BCUT2D eigenvalue weighted by molar-refractivity contribution is 8.00. The Labute approximate surface area is 163 Å². The predicted molar refractivity (Wildman–Crippen MR) is 111 cm³/mol. The fourth-order valence-corrected chi connectivity index (χ4v) is 3.90. The molecule has 0 spiro atoms. The number of hydrogen-bond acceptors (Lipinski definition) is 5. The lowest BCUT2D eigenvalue weighted by Crippen LogP contribution is -2.31. The summed E-state index contributed by atoms with van der Waals surface area (Å²) in [5, 5.41) is 3.43. The Kier molecular flexibility index (Phi) is 5.65. The Bertz CT molecular complexity index is 884. The van der Waals surface area contributed by atoms with Crippen LogP contribution in [0.2, 0.25) is 0 Å². The van der Waals surface area contributed by atoms with Gasteiger partial charge in [0.1, 0.15) is 5.50 Å². The van der Waals surface area contributed by atoms with Gasteiger partial charge in [-0.1, -0.05) is 84.9 Å². The van der Waals surface area contributed by atoms with Gasteiger partial charge in [0, 0.05) is 5.56 Å². The quantitative estimate of drug-likeness (QED) is 0.570. The predicted octanol–water partition coefficient (Wildman–Crippen LogP) is 3.95. The van der Waals surface area contributed by atoms with Crippen molar-refractivity contribution in [3.8, 4) is 11.1 Å². The molecule has 0 aliphatic carbocycles. The highest BCUT2D eigenvalue weighted by atomic mass is 32.2. The van der Waals surface area contributed by atoms with Crippen LogP contribution in [-0.4, -0.2) is 17.0 Å². The lowest BCUT2D eigenvalue weighted by atomic mass is 10.0. The number of nitrogens with one attached hydrogen (secondary N) is 3. The van der Waals surface area contributed by atoms with E-state index in [-0.39, 0.29) is 17.4 Å². The third-order valence-electron chi connectivity index (χ3n) is 4.50. The van der Waals surface area contributed by atoms with Crippen LogP contribution in [0.15, 0.2) is 84.9 Å². The first kappa shape index (κ1) is 17.9. The third kappa shape index (κ3) is 4.46. The Morgan fingerprint density at radius 1 is 0.778 bits per heavy atom. The molecule has 1 aliphatic heterocycles. The minimum Gasteiger partial charge on any atom is -0.293 e. The maximum Gasteiger partial charge on any atom is 0.172 e. The molecule has 0 amide bonds. The van der Waals surface area contributed by atoms with Gasteiger partial charge in [0.25, 0.3) is 0 Å². The zero-order valence-electron chi connectivity index (χ0n) is 14.8. The van der Waals surface area contributed by atoms with Gasteiger partial charge < -0.3 is 0 Å². The van der Waals surface area contributed by atoms with Crippen LogP contribution >= 0.6 is 11.8 Å². The van der Waals surface area contributed by atoms with E-state index in [0.29, 0.717) is 5.75 Å². The second-order valence-electron chi connectivity index (χ2n) is 6.36.